The molecule has 4 aromatic rings. The van der Waals surface area contributed by atoms with Gasteiger partial charge in [-0.05, 0) is 65.1 Å². The second kappa shape index (κ2) is 6.11. The first-order valence-corrected chi connectivity index (χ1v) is 10.1. The summed E-state index contributed by atoms with van der Waals surface area (Å²) in [4.78, 5) is 0. The molecule has 0 unspecified atom stereocenters. The van der Waals surface area contributed by atoms with Crippen molar-refractivity contribution in [2.24, 2.45) is 0 Å². The minimum absolute atomic E-state index is 0.255. The van der Waals surface area contributed by atoms with Crippen LogP contribution in [-0.2, 0) is 19.0 Å². The highest BCUT2D eigenvalue weighted by atomic mass is 19.4. The third-order valence-electron chi connectivity index (χ3n) is 6.25. The molecule has 1 heterocycles. The van der Waals surface area contributed by atoms with E-state index in [-0.39, 0.29) is 5.56 Å². The van der Waals surface area contributed by atoms with E-state index >= 15 is 0 Å². The molecule has 0 saturated carbocycles. The van der Waals surface area contributed by atoms with Crippen LogP contribution in [0.25, 0.3) is 33.0 Å². The smallest absolute Gasteiger partial charge is 0.417 e. The molecule has 30 heavy (non-hydrogen) atoms. The maximum Gasteiger partial charge on any atom is 0.417 e. The van der Waals surface area contributed by atoms with Gasteiger partial charge < -0.3 is 4.74 Å². The summed E-state index contributed by atoms with van der Waals surface area (Å²) in [7, 11) is 0. The predicted octanol–water partition coefficient (Wildman–Crippen LogP) is 7.79. The molecule has 0 fully saturated rings. The summed E-state index contributed by atoms with van der Waals surface area (Å²) >= 11 is 0. The summed E-state index contributed by atoms with van der Waals surface area (Å²) in [6.07, 6.45) is -1.82. The molecule has 0 radical (unpaired) electrons. The zero-order chi connectivity index (χ0) is 20.5. The number of hydrogen-bond donors (Lipinski definition) is 0. The maximum absolute atomic E-state index is 13.9. The molecular formula is C26H17F3O. The van der Waals surface area contributed by atoms with E-state index in [0.717, 1.165) is 58.0 Å². The summed E-state index contributed by atoms with van der Waals surface area (Å²) in [5.74, 6) is 1.51. The average Bonchev–Trinajstić information content (AvgIpc) is 3.22. The van der Waals surface area contributed by atoms with Gasteiger partial charge in [-0.3, -0.25) is 0 Å². The Morgan fingerprint density at radius 3 is 2.13 bits per heavy atom. The quantitative estimate of drug-likeness (QED) is 0.278. The van der Waals surface area contributed by atoms with Crippen LogP contribution in [0.15, 0.2) is 66.7 Å². The maximum atomic E-state index is 13.9. The van der Waals surface area contributed by atoms with Gasteiger partial charge in [0.05, 0.1) is 5.56 Å². The van der Waals surface area contributed by atoms with Crippen molar-refractivity contribution in [3.63, 3.8) is 0 Å². The molecule has 6 rings (SSSR count). The molecule has 2 aliphatic rings. The Morgan fingerprint density at radius 2 is 1.33 bits per heavy atom. The third-order valence-corrected chi connectivity index (χ3v) is 6.25. The molecule has 0 N–H and O–H groups in total. The van der Waals surface area contributed by atoms with Gasteiger partial charge in [-0.1, -0.05) is 48.5 Å². The molecule has 4 heteroatoms. The topological polar surface area (TPSA) is 9.23 Å². The highest BCUT2D eigenvalue weighted by molar-refractivity contribution is 6.13. The van der Waals surface area contributed by atoms with E-state index < -0.39 is 11.7 Å². The summed E-state index contributed by atoms with van der Waals surface area (Å²) in [6, 6.07) is 19.5. The van der Waals surface area contributed by atoms with Gasteiger partial charge in [-0.2, -0.15) is 13.2 Å². The van der Waals surface area contributed by atoms with Gasteiger partial charge in [0.15, 0.2) is 0 Å². The Balaban J connectivity index is 1.79. The zero-order valence-corrected chi connectivity index (χ0v) is 16.0. The van der Waals surface area contributed by atoms with E-state index in [0.29, 0.717) is 11.3 Å². The zero-order valence-electron chi connectivity index (χ0n) is 16.0. The summed E-state index contributed by atoms with van der Waals surface area (Å²) in [6.45, 7) is 0. The normalized spacial score (nSPS) is 14.4. The van der Waals surface area contributed by atoms with Gasteiger partial charge in [0, 0.05) is 16.5 Å². The molecule has 4 aromatic carbocycles. The van der Waals surface area contributed by atoms with E-state index in [2.05, 4.69) is 0 Å². The van der Waals surface area contributed by atoms with Crippen molar-refractivity contribution >= 4 is 10.8 Å². The lowest BCUT2D eigenvalue weighted by atomic mass is 9.82. The lowest BCUT2D eigenvalue weighted by molar-refractivity contribution is -0.137. The molecule has 0 bridgehead atoms. The van der Waals surface area contributed by atoms with Gasteiger partial charge in [0.25, 0.3) is 0 Å². The van der Waals surface area contributed by atoms with E-state index in [9.17, 15) is 13.2 Å². The van der Waals surface area contributed by atoms with Crippen LogP contribution in [0.1, 0.15) is 23.1 Å². The van der Waals surface area contributed by atoms with Crippen molar-refractivity contribution in [2.75, 3.05) is 0 Å². The minimum Gasteiger partial charge on any atom is -0.456 e. The van der Waals surface area contributed by atoms with Crippen LogP contribution in [0.4, 0.5) is 13.2 Å². The van der Waals surface area contributed by atoms with E-state index in [1.54, 1.807) is 12.1 Å². The van der Waals surface area contributed by atoms with Crippen molar-refractivity contribution < 1.29 is 17.9 Å². The fraction of sp³-hybridized carbons (Fsp3) is 0.154. The molecule has 1 aliphatic heterocycles. The number of hydrogen-bond acceptors (Lipinski definition) is 1. The molecule has 148 valence electrons. The first kappa shape index (κ1) is 17.6. The Morgan fingerprint density at radius 1 is 0.667 bits per heavy atom. The van der Waals surface area contributed by atoms with Crippen LogP contribution in [0, 0.1) is 0 Å². The Bertz CT molecular complexity index is 1330. The van der Waals surface area contributed by atoms with Crippen LogP contribution in [-0.4, -0.2) is 0 Å². The highest BCUT2D eigenvalue weighted by Crippen LogP contribution is 2.54. The first-order chi connectivity index (χ1) is 14.5. The Labute approximate surface area is 171 Å². The van der Waals surface area contributed by atoms with Crippen molar-refractivity contribution in [2.45, 2.75) is 25.4 Å². The molecule has 1 nitrogen and oxygen atoms in total. The second-order valence-electron chi connectivity index (χ2n) is 7.88. The Hall–Kier alpha value is -3.27. The van der Waals surface area contributed by atoms with Crippen molar-refractivity contribution in [1.82, 2.24) is 0 Å². The largest absolute Gasteiger partial charge is 0.456 e. The van der Waals surface area contributed by atoms with Crippen LogP contribution in [0.2, 0.25) is 0 Å². The van der Waals surface area contributed by atoms with Gasteiger partial charge in [-0.15, -0.1) is 0 Å². The van der Waals surface area contributed by atoms with Crippen LogP contribution in [0.5, 0.6) is 11.5 Å². The van der Waals surface area contributed by atoms with E-state index in [1.807, 2.05) is 42.5 Å². The van der Waals surface area contributed by atoms with Gasteiger partial charge in [0.1, 0.15) is 11.5 Å². The van der Waals surface area contributed by atoms with Gasteiger partial charge in [-0.25, -0.2) is 0 Å². The van der Waals surface area contributed by atoms with Gasteiger partial charge >= 0.3 is 6.18 Å². The number of rotatable bonds is 1. The standard InChI is InChI=1S/C26H17F3O/c27-26(28,29)20-12-3-1-7-17(20)23-15-9-5-10-16(15)24-18-8-2-4-13-21(18)30-22-14-6-11-19(23)25(22)24/h1-4,6-8,11-14H,5,9-10H2. The third kappa shape index (κ3) is 2.37. The number of alkyl halides is 3. The molecule has 0 amide bonds. The average molecular weight is 402 g/mol. The van der Waals surface area contributed by atoms with Gasteiger partial charge in [0.2, 0.25) is 0 Å². The monoisotopic (exact) mass is 402 g/mol. The van der Waals surface area contributed by atoms with Crippen molar-refractivity contribution in [1.29, 1.82) is 0 Å². The van der Waals surface area contributed by atoms with E-state index in [4.69, 9.17) is 4.74 Å². The molecule has 0 atom stereocenters. The summed E-state index contributed by atoms with van der Waals surface area (Å²) < 4.78 is 47.9. The lowest BCUT2D eigenvalue weighted by Gasteiger charge is -2.27. The van der Waals surface area contributed by atoms with Crippen molar-refractivity contribution in [3.8, 4) is 33.8 Å². The number of ether oxygens (including phenoxy) is 1. The fourth-order valence-electron chi connectivity index (χ4n) is 5.13. The highest BCUT2D eigenvalue weighted by Gasteiger charge is 2.36. The number of fused-ring (bicyclic) bond motifs is 4. The molecular weight excluding hydrogens is 385 g/mol. The minimum atomic E-state index is -4.41. The predicted molar refractivity (Wildman–Crippen MR) is 112 cm³/mol. The SMILES string of the molecule is FC(F)(F)c1ccccc1-c1c2c(c3c4c(cccc14)Oc1ccccc1-3)CCC2. The lowest BCUT2D eigenvalue weighted by Crippen LogP contribution is -2.09. The first-order valence-electron chi connectivity index (χ1n) is 10.1. The number of halogens is 3. The molecule has 1 aliphatic carbocycles. The second-order valence-corrected chi connectivity index (χ2v) is 7.88. The summed E-state index contributed by atoms with van der Waals surface area (Å²) in [5.41, 5.74) is 4.74. The van der Waals surface area contributed by atoms with Crippen LogP contribution in [0.3, 0.4) is 0 Å². The number of benzene rings is 4. The van der Waals surface area contributed by atoms with Crippen LogP contribution < -0.4 is 4.74 Å². The molecule has 0 saturated heterocycles. The summed E-state index contributed by atoms with van der Waals surface area (Å²) in [5, 5.41) is 1.75. The Kier molecular flexibility index (Phi) is 3.58. The molecule has 0 spiro atoms. The van der Waals surface area contributed by atoms with Crippen LogP contribution >= 0.6 is 0 Å². The fourth-order valence-corrected chi connectivity index (χ4v) is 5.13. The van der Waals surface area contributed by atoms with E-state index in [1.165, 1.54) is 12.1 Å². The van der Waals surface area contributed by atoms with Crippen molar-refractivity contribution in [3.05, 3.63) is 83.4 Å². The number of para-hydroxylation sites is 1. The molecule has 0 aromatic heterocycles.